The van der Waals surface area contributed by atoms with E-state index >= 15 is 0 Å². The van der Waals surface area contributed by atoms with Crippen LogP contribution >= 0.6 is 0 Å². The molecule has 0 saturated heterocycles. The Hall–Kier alpha value is -3.81. The SMILES string of the molecule is CCOC(=O)[C@@H](C[C@H](CC(=O)c1cn[nH]n1)Cc1ccc(-c2ccccc2)cc1)NC(C)=O. The number of aromatic amines is 1. The first-order valence-electron chi connectivity index (χ1n) is 10.9. The number of amides is 1. The highest BCUT2D eigenvalue weighted by atomic mass is 16.5. The molecule has 2 aromatic carbocycles. The van der Waals surface area contributed by atoms with E-state index in [4.69, 9.17) is 4.74 Å². The quantitative estimate of drug-likeness (QED) is 0.343. The molecule has 0 radical (unpaired) electrons. The summed E-state index contributed by atoms with van der Waals surface area (Å²) in [7, 11) is 0. The van der Waals surface area contributed by atoms with Crippen LogP contribution in [0.1, 0.15) is 42.7 Å². The molecule has 0 bridgehead atoms. The summed E-state index contributed by atoms with van der Waals surface area (Å²) < 4.78 is 5.13. The minimum Gasteiger partial charge on any atom is -0.464 e. The van der Waals surface area contributed by atoms with E-state index in [9.17, 15) is 14.4 Å². The molecule has 1 aromatic heterocycles. The number of ether oxygens (including phenoxy) is 1. The van der Waals surface area contributed by atoms with Crippen LogP contribution in [0.25, 0.3) is 11.1 Å². The Labute approximate surface area is 192 Å². The molecular weight excluding hydrogens is 420 g/mol. The Kier molecular flexibility index (Phi) is 8.46. The molecule has 172 valence electrons. The predicted molar refractivity (Wildman–Crippen MR) is 123 cm³/mol. The summed E-state index contributed by atoms with van der Waals surface area (Å²) in [6, 6.07) is 17.3. The maximum atomic E-state index is 12.7. The van der Waals surface area contributed by atoms with Crippen LogP contribution in [0.2, 0.25) is 0 Å². The monoisotopic (exact) mass is 448 g/mol. The Morgan fingerprint density at radius 1 is 1.03 bits per heavy atom. The largest absolute Gasteiger partial charge is 0.464 e. The molecule has 0 saturated carbocycles. The Bertz CT molecular complexity index is 1050. The molecule has 0 spiro atoms. The van der Waals surface area contributed by atoms with Crippen molar-refractivity contribution in [3.8, 4) is 11.1 Å². The van der Waals surface area contributed by atoms with Crippen LogP contribution in [0.5, 0.6) is 0 Å². The molecule has 0 aliphatic rings. The normalized spacial score (nSPS) is 12.5. The first-order chi connectivity index (χ1) is 16.0. The van der Waals surface area contributed by atoms with Crippen molar-refractivity contribution in [3.63, 3.8) is 0 Å². The maximum absolute atomic E-state index is 12.7. The zero-order valence-electron chi connectivity index (χ0n) is 18.8. The molecule has 8 nitrogen and oxygen atoms in total. The predicted octanol–water partition coefficient (Wildman–Crippen LogP) is 3.36. The zero-order valence-corrected chi connectivity index (χ0v) is 18.8. The number of ketones is 1. The van der Waals surface area contributed by atoms with Crippen molar-refractivity contribution < 1.29 is 19.1 Å². The number of carbonyl (C=O) groups is 3. The number of rotatable bonds is 11. The standard InChI is InChI=1S/C25H28N4O4/c1-3-33-25(32)22(27-17(2)30)14-19(15-24(31)23-16-26-29-28-23)13-18-9-11-21(12-10-18)20-7-5-4-6-8-20/h4-12,16,19,22H,3,13-15H2,1-2H3,(H,27,30)(H,26,28,29)/t19-,22-/m1/s1. The van der Waals surface area contributed by atoms with Gasteiger partial charge in [-0.3, -0.25) is 9.59 Å². The van der Waals surface area contributed by atoms with Gasteiger partial charge in [-0.1, -0.05) is 54.6 Å². The van der Waals surface area contributed by atoms with Gasteiger partial charge in [0.2, 0.25) is 5.91 Å². The molecule has 2 N–H and O–H groups in total. The lowest BCUT2D eigenvalue weighted by atomic mass is 9.87. The smallest absolute Gasteiger partial charge is 0.328 e. The fourth-order valence-corrected chi connectivity index (χ4v) is 3.77. The number of hydrogen-bond acceptors (Lipinski definition) is 6. The molecule has 2 atom stereocenters. The van der Waals surface area contributed by atoms with Gasteiger partial charge in [0.05, 0.1) is 12.8 Å². The molecule has 0 aliphatic carbocycles. The molecule has 8 heteroatoms. The molecule has 1 heterocycles. The molecule has 0 unspecified atom stereocenters. The molecular formula is C25H28N4O4. The number of nitrogens with zero attached hydrogens (tertiary/aromatic N) is 2. The van der Waals surface area contributed by atoms with Crippen molar-refractivity contribution in [2.24, 2.45) is 5.92 Å². The molecule has 0 aliphatic heterocycles. The molecule has 1 amide bonds. The molecule has 3 aromatic rings. The van der Waals surface area contributed by atoms with Gasteiger partial charge in [0.1, 0.15) is 11.7 Å². The summed E-state index contributed by atoms with van der Waals surface area (Å²) in [5.41, 5.74) is 3.48. The number of nitrogens with one attached hydrogen (secondary N) is 2. The number of carbonyl (C=O) groups excluding carboxylic acids is 3. The van der Waals surface area contributed by atoms with E-state index < -0.39 is 12.0 Å². The van der Waals surface area contributed by atoms with Crippen molar-refractivity contribution in [1.82, 2.24) is 20.7 Å². The van der Waals surface area contributed by atoms with E-state index in [1.165, 1.54) is 13.1 Å². The fraction of sp³-hybridized carbons (Fsp3) is 0.320. The number of H-pyrrole nitrogens is 1. The average molecular weight is 449 g/mol. The number of hydrogen-bond donors (Lipinski definition) is 2. The van der Waals surface area contributed by atoms with Gasteiger partial charge in [0.25, 0.3) is 0 Å². The van der Waals surface area contributed by atoms with Crippen molar-refractivity contribution in [2.45, 2.75) is 39.2 Å². The summed E-state index contributed by atoms with van der Waals surface area (Å²) in [5, 5.41) is 12.7. The van der Waals surface area contributed by atoms with Crippen molar-refractivity contribution >= 4 is 17.7 Å². The van der Waals surface area contributed by atoms with E-state index in [0.29, 0.717) is 6.42 Å². The van der Waals surface area contributed by atoms with Crippen LogP contribution in [0.3, 0.4) is 0 Å². The average Bonchev–Trinajstić information content (AvgIpc) is 3.35. The lowest BCUT2D eigenvalue weighted by Gasteiger charge is -2.23. The highest BCUT2D eigenvalue weighted by Crippen LogP contribution is 2.24. The van der Waals surface area contributed by atoms with Crippen LogP contribution in [-0.2, 0) is 20.7 Å². The highest BCUT2D eigenvalue weighted by molar-refractivity contribution is 5.94. The summed E-state index contributed by atoms with van der Waals surface area (Å²) in [4.78, 5) is 36.8. The third-order valence-electron chi connectivity index (χ3n) is 5.28. The molecule has 0 fully saturated rings. The Balaban J connectivity index is 1.79. The Morgan fingerprint density at radius 3 is 2.33 bits per heavy atom. The minimum atomic E-state index is -0.832. The van der Waals surface area contributed by atoms with Crippen molar-refractivity contribution in [3.05, 3.63) is 72.1 Å². The van der Waals surface area contributed by atoms with Crippen molar-refractivity contribution in [2.75, 3.05) is 6.61 Å². The van der Waals surface area contributed by atoms with E-state index in [-0.39, 0.29) is 42.8 Å². The van der Waals surface area contributed by atoms with Crippen LogP contribution in [0, 0.1) is 5.92 Å². The number of esters is 1. The Morgan fingerprint density at radius 2 is 1.73 bits per heavy atom. The second-order valence-corrected chi connectivity index (χ2v) is 7.86. The third-order valence-corrected chi connectivity index (χ3v) is 5.28. The van der Waals surface area contributed by atoms with Gasteiger partial charge >= 0.3 is 5.97 Å². The van der Waals surface area contributed by atoms with Gasteiger partial charge in [-0.2, -0.15) is 15.4 Å². The number of benzene rings is 2. The topological polar surface area (TPSA) is 114 Å². The number of Topliss-reactive ketones (excluding diaryl/α,β-unsaturated/α-hetero) is 1. The first kappa shape index (κ1) is 23.8. The van der Waals surface area contributed by atoms with Gasteiger partial charge in [-0.25, -0.2) is 4.79 Å². The third kappa shape index (κ3) is 7.10. The second-order valence-electron chi connectivity index (χ2n) is 7.86. The molecule has 33 heavy (non-hydrogen) atoms. The molecule has 3 rings (SSSR count). The van der Waals surface area contributed by atoms with E-state index in [1.807, 2.05) is 54.6 Å². The maximum Gasteiger partial charge on any atom is 0.328 e. The highest BCUT2D eigenvalue weighted by Gasteiger charge is 2.27. The van der Waals surface area contributed by atoms with Gasteiger partial charge < -0.3 is 10.1 Å². The van der Waals surface area contributed by atoms with Gasteiger partial charge in [0.15, 0.2) is 5.78 Å². The lowest BCUT2D eigenvalue weighted by molar-refractivity contribution is -0.147. The van der Waals surface area contributed by atoms with Crippen LogP contribution < -0.4 is 5.32 Å². The lowest BCUT2D eigenvalue weighted by Crippen LogP contribution is -2.42. The fourth-order valence-electron chi connectivity index (χ4n) is 3.77. The van der Waals surface area contributed by atoms with Gasteiger partial charge in [-0.05, 0) is 42.4 Å². The summed E-state index contributed by atoms with van der Waals surface area (Å²) >= 11 is 0. The summed E-state index contributed by atoms with van der Waals surface area (Å²) in [6.45, 7) is 3.27. The second kappa shape index (κ2) is 11.7. The minimum absolute atomic E-state index is 0.155. The van der Waals surface area contributed by atoms with Crippen LogP contribution in [-0.4, -0.2) is 45.7 Å². The van der Waals surface area contributed by atoms with E-state index in [1.54, 1.807) is 6.92 Å². The first-order valence-corrected chi connectivity index (χ1v) is 10.9. The van der Waals surface area contributed by atoms with E-state index in [0.717, 1.165) is 16.7 Å². The zero-order chi connectivity index (χ0) is 23.6. The van der Waals surface area contributed by atoms with E-state index in [2.05, 4.69) is 20.7 Å². The van der Waals surface area contributed by atoms with Crippen molar-refractivity contribution in [1.29, 1.82) is 0 Å². The van der Waals surface area contributed by atoms with Gasteiger partial charge in [-0.15, -0.1) is 0 Å². The summed E-state index contributed by atoms with van der Waals surface area (Å²) in [6.07, 6.45) is 2.35. The summed E-state index contributed by atoms with van der Waals surface area (Å²) in [5.74, 6) is -1.24. The number of aromatic nitrogens is 3. The van der Waals surface area contributed by atoms with Crippen LogP contribution in [0.4, 0.5) is 0 Å². The van der Waals surface area contributed by atoms with Gasteiger partial charge in [0, 0.05) is 13.3 Å². The van der Waals surface area contributed by atoms with Crippen LogP contribution in [0.15, 0.2) is 60.8 Å².